The van der Waals surface area contributed by atoms with Gasteiger partial charge in [-0.05, 0) is 60.9 Å². The number of pyridine rings is 1. The Bertz CT molecular complexity index is 1280. The van der Waals surface area contributed by atoms with Crippen LogP contribution in [0.2, 0.25) is 0 Å². The minimum atomic E-state index is 0.733. The predicted molar refractivity (Wildman–Crippen MR) is 151 cm³/mol. The Kier molecular flexibility index (Phi) is 8.30. The summed E-state index contributed by atoms with van der Waals surface area (Å²) in [6.07, 6.45) is 5.23. The van der Waals surface area contributed by atoms with Crippen LogP contribution in [0.5, 0.6) is 11.5 Å². The average Bonchev–Trinajstić information content (AvgIpc) is 2.97. The van der Waals surface area contributed by atoms with Crippen LogP contribution in [-0.2, 0) is 25.9 Å². The van der Waals surface area contributed by atoms with Crippen LogP contribution in [0.1, 0.15) is 47.1 Å². The van der Waals surface area contributed by atoms with Gasteiger partial charge < -0.3 is 19.7 Å². The summed E-state index contributed by atoms with van der Waals surface area (Å²) < 4.78 is 10.9. The van der Waals surface area contributed by atoms with Crippen LogP contribution in [0.15, 0.2) is 48.5 Å². The first-order valence-corrected chi connectivity index (χ1v) is 13.6. The highest BCUT2D eigenvalue weighted by Gasteiger charge is 2.28. The van der Waals surface area contributed by atoms with Gasteiger partial charge in [0.05, 0.1) is 19.8 Å². The molecule has 38 heavy (non-hydrogen) atoms. The first kappa shape index (κ1) is 25.9. The van der Waals surface area contributed by atoms with Crippen LogP contribution in [-0.4, -0.2) is 50.3 Å². The van der Waals surface area contributed by atoms with Crippen LogP contribution in [0.4, 0.5) is 11.6 Å². The van der Waals surface area contributed by atoms with Crippen molar-refractivity contribution in [2.75, 3.05) is 50.6 Å². The molecular weight excluding hydrogens is 474 g/mol. The van der Waals surface area contributed by atoms with E-state index in [0.29, 0.717) is 0 Å². The fourth-order valence-electron chi connectivity index (χ4n) is 5.61. The van der Waals surface area contributed by atoms with Crippen molar-refractivity contribution in [1.82, 2.24) is 9.88 Å². The second kappa shape index (κ2) is 12.2. The zero-order chi connectivity index (χ0) is 26.3. The summed E-state index contributed by atoms with van der Waals surface area (Å²) in [5.41, 5.74) is 5.57. The molecule has 0 unspecified atom stereocenters. The minimum Gasteiger partial charge on any atom is -0.493 e. The van der Waals surface area contributed by atoms with Crippen LogP contribution < -0.4 is 19.7 Å². The number of aromatic nitrogens is 1. The summed E-state index contributed by atoms with van der Waals surface area (Å²) in [5, 5.41) is 13.9. The van der Waals surface area contributed by atoms with E-state index in [0.717, 1.165) is 99.2 Å². The van der Waals surface area contributed by atoms with Gasteiger partial charge in [0.25, 0.3) is 0 Å². The second-order valence-electron chi connectivity index (χ2n) is 10.1. The van der Waals surface area contributed by atoms with Crippen molar-refractivity contribution in [3.05, 3.63) is 76.3 Å². The van der Waals surface area contributed by atoms with E-state index >= 15 is 0 Å². The molecule has 2 aliphatic heterocycles. The molecule has 3 heterocycles. The van der Waals surface area contributed by atoms with E-state index in [9.17, 15) is 5.26 Å². The first-order valence-electron chi connectivity index (χ1n) is 13.6. The highest BCUT2D eigenvalue weighted by atomic mass is 16.5. The predicted octanol–water partition coefficient (Wildman–Crippen LogP) is 5.17. The van der Waals surface area contributed by atoms with Gasteiger partial charge in [-0.2, -0.15) is 5.26 Å². The molecule has 1 N–H and O–H groups in total. The molecule has 1 saturated heterocycles. The topological polar surface area (TPSA) is 73.7 Å². The SMILES string of the molecule is COc1ccc(CCNc2nc(N3CCCCC3)c(C#N)c3c2CN(Cc2ccccc2)CC3)cc1OC. The molecule has 1 fully saturated rings. The van der Waals surface area contributed by atoms with Crippen LogP contribution >= 0.6 is 0 Å². The van der Waals surface area contributed by atoms with Crippen molar-refractivity contribution >= 4 is 11.6 Å². The fourth-order valence-corrected chi connectivity index (χ4v) is 5.61. The van der Waals surface area contributed by atoms with Crippen molar-refractivity contribution in [2.24, 2.45) is 0 Å². The van der Waals surface area contributed by atoms with Crippen LogP contribution in [0.25, 0.3) is 0 Å². The number of nitriles is 1. The number of anilines is 2. The van der Waals surface area contributed by atoms with Crippen molar-refractivity contribution in [1.29, 1.82) is 5.26 Å². The monoisotopic (exact) mass is 511 g/mol. The van der Waals surface area contributed by atoms with Gasteiger partial charge in [0, 0.05) is 44.8 Å². The van der Waals surface area contributed by atoms with Gasteiger partial charge in [-0.25, -0.2) is 4.98 Å². The Morgan fingerprint density at radius 1 is 0.921 bits per heavy atom. The van der Waals surface area contributed by atoms with E-state index in [-0.39, 0.29) is 0 Å². The van der Waals surface area contributed by atoms with Gasteiger partial charge in [-0.15, -0.1) is 0 Å². The van der Waals surface area contributed by atoms with Crippen LogP contribution in [0, 0.1) is 11.3 Å². The molecule has 3 aromatic rings. The summed E-state index contributed by atoms with van der Waals surface area (Å²) >= 11 is 0. The normalized spacial score (nSPS) is 15.4. The summed E-state index contributed by atoms with van der Waals surface area (Å²) in [6.45, 7) is 5.27. The lowest BCUT2D eigenvalue weighted by atomic mass is 9.94. The van der Waals surface area contributed by atoms with Gasteiger partial charge in [-0.1, -0.05) is 36.4 Å². The third kappa shape index (κ3) is 5.71. The Balaban J connectivity index is 1.41. The number of piperidine rings is 1. The smallest absolute Gasteiger partial charge is 0.160 e. The number of hydrogen-bond acceptors (Lipinski definition) is 7. The molecule has 7 nitrogen and oxygen atoms in total. The molecule has 198 valence electrons. The Labute approximate surface area is 226 Å². The molecule has 5 rings (SSSR count). The van der Waals surface area contributed by atoms with Gasteiger partial charge in [0.2, 0.25) is 0 Å². The number of hydrogen-bond donors (Lipinski definition) is 1. The number of benzene rings is 2. The minimum absolute atomic E-state index is 0.733. The molecule has 7 heteroatoms. The number of fused-ring (bicyclic) bond motifs is 1. The Hall–Kier alpha value is -3.76. The fraction of sp³-hybridized carbons (Fsp3) is 0.419. The van der Waals surface area contributed by atoms with E-state index in [4.69, 9.17) is 14.5 Å². The first-order chi connectivity index (χ1) is 18.7. The molecular formula is C31H37N5O2. The van der Waals surface area contributed by atoms with Gasteiger partial charge in [-0.3, -0.25) is 4.90 Å². The quantitative estimate of drug-likeness (QED) is 0.425. The van der Waals surface area contributed by atoms with Crippen molar-refractivity contribution < 1.29 is 9.47 Å². The highest BCUT2D eigenvalue weighted by molar-refractivity contribution is 5.67. The molecule has 0 amide bonds. The zero-order valence-corrected chi connectivity index (χ0v) is 22.5. The third-order valence-corrected chi connectivity index (χ3v) is 7.62. The lowest BCUT2D eigenvalue weighted by Gasteiger charge is -2.34. The highest BCUT2D eigenvalue weighted by Crippen LogP contribution is 2.35. The third-order valence-electron chi connectivity index (χ3n) is 7.62. The maximum Gasteiger partial charge on any atom is 0.160 e. The average molecular weight is 512 g/mol. The number of ether oxygens (including phenoxy) is 2. The summed E-state index contributed by atoms with van der Waals surface area (Å²) in [7, 11) is 3.32. The van der Waals surface area contributed by atoms with Crippen molar-refractivity contribution in [2.45, 2.75) is 45.2 Å². The molecule has 0 radical (unpaired) electrons. The summed E-state index contributed by atoms with van der Waals surface area (Å²) in [6, 6.07) is 19.2. The summed E-state index contributed by atoms with van der Waals surface area (Å²) in [5.74, 6) is 3.24. The summed E-state index contributed by atoms with van der Waals surface area (Å²) in [4.78, 5) is 9.91. The van der Waals surface area contributed by atoms with Crippen molar-refractivity contribution in [3.63, 3.8) is 0 Å². The standard InChI is InChI=1S/C31H37N5O2/c1-37-28-12-11-23(19-29(28)38-2)13-15-33-30-27-22-35(21-24-9-5-3-6-10-24)18-14-25(27)26(20-32)31(34-30)36-16-7-4-8-17-36/h3,5-6,9-12,19H,4,7-8,13-18,21-22H2,1-2H3,(H,33,34). The Morgan fingerprint density at radius 2 is 1.71 bits per heavy atom. The number of nitrogens with zero attached hydrogens (tertiary/aromatic N) is 4. The number of nitrogens with one attached hydrogen (secondary N) is 1. The molecule has 2 aromatic carbocycles. The lowest BCUT2D eigenvalue weighted by Crippen LogP contribution is -2.35. The van der Waals surface area contributed by atoms with E-state index in [1.54, 1.807) is 14.2 Å². The van der Waals surface area contributed by atoms with Gasteiger partial charge >= 0.3 is 0 Å². The molecule has 0 atom stereocenters. The molecule has 1 aromatic heterocycles. The maximum absolute atomic E-state index is 10.2. The van der Waals surface area contributed by atoms with Gasteiger partial charge in [0.15, 0.2) is 11.5 Å². The zero-order valence-electron chi connectivity index (χ0n) is 22.5. The van der Waals surface area contributed by atoms with E-state index in [1.807, 2.05) is 12.1 Å². The van der Waals surface area contributed by atoms with Gasteiger partial charge in [0.1, 0.15) is 17.7 Å². The van der Waals surface area contributed by atoms with E-state index in [2.05, 4.69) is 57.6 Å². The van der Waals surface area contributed by atoms with Crippen LogP contribution in [0.3, 0.4) is 0 Å². The van der Waals surface area contributed by atoms with E-state index < -0.39 is 0 Å². The molecule has 0 bridgehead atoms. The molecule has 0 spiro atoms. The number of rotatable bonds is 9. The molecule has 0 aliphatic carbocycles. The largest absolute Gasteiger partial charge is 0.493 e. The van der Waals surface area contributed by atoms with E-state index in [1.165, 1.54) is 23.1 Å². The number of methoxy groups -OCH3 is 2. The Morgan fingerprint density at radius 3 is 2.45 bits per heavy atom. The lowest BCUT2D eigenvalue weighted by molar-refractivity contribution is 0.245. The maximum atomic E-state index is 10.2. The molecule has 2 aliphatic rings. The van der Waals surface area contributed by atoms with Crippen molar-refractivity contribution in [3.8, 4) is 17.6 Å². The molecule has 0 saturated carbocycles. The second-order valence-corrected chi connectivity index (χ2v) is 10.1.